The summed E-state index contributed by atoms with van der Waals surface area (Å²) in [5.74, 6) is -0.995. The number of piperazine rings is 1. The average Bonchev–Trinajstić information content (AvgIpc) is 2.35. The predicted molar refractivity (Wildman–Crippen MR) is 69.2 cm³/mol. The highest BCUT2D eigenvalue weighted by Crippen LogP contribution is 2.08. The van der Waals surface area contributed by atoms with Crippen molar-refractivity contribution in [3.8, 4) is 0 Å². The first-order valence-electron chi connectivity index (χ1n) is 6.20. The summed E-state index contributed by atoms with van der Waals surface area (Å²) in [6, 6.07) is 7.95. The molecule has 0 radical (unpaired) electrons. The summed E-state index contributed by atoms with van der Waals surface area (Å²) >= 11 is 0. The Hall–Kier alpha value is -2.17. The molecule has 0 atom stereocenters. The van der Waals surface area contributed by atoms with E-state index in [-0.39, 0.29) is 19.0 Å². The Morgan fingerprint density at radius 3 is 2.58 bits per heavy atom. The van der Waals surface area contributed by atoms with E-state index in [1.54, 1.807) is 0 Å². The third-order valence-electron chi connectivity index (χ3n) is 3.01. The molecule has 19 heavy (non-hydrogen) atoms. The minimum absolute atomic E-state index is 0.0294. The van der Waals surface area contributed by atoms with Crippen molar-refractivity contribution in [3.05, 3.63) is 35.4 Å². The normalized spacial score (nSPS) is 15.3. The Labute approximate surface area is 111 Å². The van der Waals surface area contributed by atoms with Gasteiger partial charge < -0.3 is 4.90 Å². The number of rotatable bonds is 3. The van der Waals surface area contributed by atoms with Gasteiger partial charge in [0.2, 0.25) is 17.7 Å². The van der Waals surface area contributed by atoms with E-state index in [0.29, 0.717) is 12.8 Å². The first kappa shape index (κ1) is 13.3. The molecular weight excluding hydrogens is 244 g/mol. The van der Waals surface area contributed by atoms with Gasteiger partial charge in [0.25, 0.3) is 0 Å². The molecule has 0 spiro atoms. The molecule has 1 aliphatic rings. The number of carbonyl (C=O) groups excluding carboxylic acids is 3. The fourth-order valence-corrected chi connectivity index (χ4v) is 2.09. The van der Waals surface area contributed by atoms with Crippen LogP contribution in [-0.2, 0) is 20.8 Å². The molecule has 3 amide bonds. The zero-order valence-electron chi connectivity index (χ0n) is 10.8. The Bertz CT molecular complexity index is 509. The molecule has 1 aliphatic heterocycles. The molecule has 1 aromatic carbocycles. The SMILES string of the molecule is Cc1cccc(CCC(=O)N2CC(=O)NC(=O)C2)c1. The molecule has 0 unspecified atom stereocenters. The van der Waals surface area contributed by atoms with Crippen LogP contribution in [0.3, 0.4) is 0 Å². The minimum atomic E-state index is -0.417. The first-order chi connectivity index (χ1) is 9.04. The fraction of sp³-hybridized carbons (Fsp3) is 0.357. The summed E-state index contributed by atoms with van der Waals surface area (Å²) in [5, 5.41) is 2.17. The largest absolute Gasteiger partial charge is 0.324 e. The number of carbonyl (C=O) groups is 3. The average molecular weight is 260 g/mol. The van der Waals surface area contributed by atoms with Gasteiger partial charge in [-0.05, 0) is 18.9 Å². The quantitative estimate of drug-likeness (QED) is 0.801. The van der Waals surface area contributed by atoms with E-state index in [1.165, 1.54) is 4.90 Å². The Balaban J connectivity index is 1.90. The van der Waals surface area contributed by atoms with Crippen LogP contribution >= 0.6 is 0 Å². The fourth-order valence-electron chi connectivity index (χ4n) is 2.09. The van der Waals surface area contributed by atoms with E-state index in [2.05, 4.69) is 5.32 Å². The van der Waals surface area contributed by atoms with E-state index in [0.717, 1.165) is 11.1 Å². The van der Waals surface area contributed by atoms with E-state index < -0.39 is 11.8 Å². The van der Waals surface area contributed by atoms with E-state index in [1.807, 2.05) is 31.2 Å². The van der Waals surface area contributed by atoms with Crippen LogP contribution in [-0.4, -0.2) is 35.7 Å². The van der Waals surface area contributed by atoms with Crippen molar-refractivity contribution in [2.75, 3.05) is 13.1 Å². The lowest BCUT2D eigenvalue weighted by Crippen LogP contribution is -2.53. The summed E-state index contributed by atoms with van der Waals surface area (Å²) in [6.07, 6.45) is 0.927. The lowest BCUT2D eigenvalue weighted by molar-refractivity contribution is -0.145. The van der Waals surface area contributed by atoms with Crippen molar-refractivity contribution in [3.63, 3.8) is 0 Å². The topological polar surface area (TPSA) is 66.5 Å². The summed E-state index contributed by atoms with van der Waals surface area (Å²) in [6.45, 7) is 1.94. The number of imide groups is 1. The van der Waals surface area contributed by atoms with E-state index in [4.69, 9.17) is 0 Å². The van der Waals surface area contributed by atoms with Gasteiger partial charge in [-0.25, -0.2) is 0 Å². The number of hydrogen-bond donors (Lipinski definition) is 1. The third kappa shape index (κ3) is 3.64. The highest BCUT2D eigenvalue weighted by molar-refractivity contribution is 6.02. The van der Waals surface area contributed by atoms with Crippen molar-refractivity contribution >= 4 is 17.7 Å². The first-order valence-corrected chi connectivity index (χ1v) is 6.20. The Morgan fingerprint density at radius 1 is 1.26 bits per heavy atom. The molecule has 0 aliphatic carbocycles. The lowest BCUT2D eigenvalue weighted by atomic mass is 10.1. The maximum absolute atomic E-state index is 11.9. The highest BCUT2D eigenvalue weighted by Gasteiger charge is 2.25. The summed E-state index contributed by atoms with van der Waals surface area (Å²) in [5.41, 5.74) is 2.23. The van der Waals surface area contributed by atoms with E-state index >= 15 is 0 Å². The van der Waals surface area contributed by atoms with Gasteiger partial charge in [0.05, 0.1) is 0 Å². The maximum atomic E-state index is 11.9. The monoisotopic (exact) mass is 260 g/mol. The third-order valence-corrected chi connectivity index (χ3v) is 3.01. The second-order valence-electron chi connectivity index (χ2n) is 4.71. The predicted octanol–water partition coefficient (Wildman–Crippen LogP) is 0.413. The molecular formula is C14H16N2O3. The molecule has 100 valence electrons. The number of nitrogens with one attached hydrogen (secondary N) is 1. The van der Waals surface area contributed by atoms with Crippen molar-refractivity contribution in [2.45, 2.75) is 19.8 Å². The van der Waals surface area contributed by atoms with Gasteiger partial charge >= 0.3 is 0 Å². The second kappa shape index (κ2) is 5.65. The van der Waals surface area contributed by atoms with Gasteiger partial charge in [-0.3, -0.25) is 19.7 Å². The van der Waals surface area contributed by atoms with Gasteiger partial charge in [-0.15, -0.1) is 0 Å². The van der Waals surface area contributed by atoms with Crippen molar-refractivity contribution in [1.82, 2.24) is 10.2 Å². The second-order valence-corrected chi connectivity index (χ2v) is 4.71. The Kier molecular flexibility index (Phi) is 3.94. The van der Waals surface area contributed by atoms with Crippen LogP contribution < -0.4 is 5.32 Å². The van der Waals surface area contributed by atoms with Crippen LogP contribution in [0.4, 0.5) is 0 Å². The van der Waals surface area contributed by atoms with Gasteiger partial charge in [0.1, 0.15) is 13.1 Å². The summed E-state index contributed by atoms with van der Waals surface area (Å²) in [7, 11) is 0. The molecule has 5 heteroatoms. The summed E-state index contributed by atoms with van der Waals surface area (Å²) in [4.78, 5) is 35.6. The van der Waals surface area contributed by atoms with Crippen LogP contribution in [0.5, 0.6) is 0 Å². The standard InChI is InChI=1S/C14H16N2O3/c1-10-3-2-4-11(7-10)5-6-14(19)16-8-12(17)15-13(18)9-16/h2-4,7H,5-6,8-9H2,1H3,(H,15,17,18). The minimum Gasteiger partial charge on any atom is -0.324 e. The van der Waals surface area contributed by atoms with Crippen molar-refractivity contribution in [1.29, 1.82) is 0 Å². The van der Waals surface area contributed by atoms with E-state index in [9.17, 15) is 14.4 Å². The van der Waals surface area contributed by atoms with Crippen molar-refractivity contribution < 1.29 is 14.4 Å². The molecule has 1 N–H and O–H groups in total. The number of benzene rings is 1. The van der Waals surface area contributed by atoms with Gasteiger partial charge in [0, 0.05) is 6.42 Å². The number of amides is 3. The smallest absolute Gasteiger partial charge is 0.246 e. The molecule has 0 saturated carbocycles. The van der Waals surface area contributed by atoms with Crippen LogP contribution in [0, 0.1) is 6.92 Å². The van der Waals surface area contributed by atoms with Crippen molar-refractivity contribution in [2.24, 2.45) is 0 Å². The molecule has 1 fully saturated rings. The molecule has 1 saturated heterocycles. The van der Waals surface area contributed by atoms with Gasteiger partial charge in [-0.1, -0.05) is 29.8 Å². The number of hydrogen-bond acceptors (Lipinski definition) is 3. The number of aryl methyl sites for hydroxylation is 2. The highest BCUT2D eigenvalue weighted by atomic mass is 16.2. The van der Waals surface area contributed by atoms with Gasteiger partial charge in [0.15, 0.2) is 0 Å². The molecule has 2 rings (SSSR count). The zero-order chi connectivity index (χ0) is 13.8. The van der Waals surface area contributed by atoms with Gasteiger partial charge in [-0.2, -0.15) is 0 Å². The zero-order valence-corrected chi connectivity index (χ0v) is 10.8. The summed E-state index contributed by atoms with van der Waals surface area (Å²) < 4.78 is 0. The Morgan fingerprint density at radius 2 is 1.95 bits per heavy atom. The van der Waals surface area contributed by atoms with Crippen LogP contribution in [0.1, 0.15) is 17.5 Å². The molecule has 0 bridgehead atoms. The molecule has 1 aromatic rings. The molecule has 0 aromatic heterocycles. The maximum Gasteiger partial charge on any atom is 0.246 e. The number of nitrogens with zero attached hydrogens (tertiary/aromatic N) is 1. The molecule has 5 nitrogen and oxygen atoms in total. The van der Waals surface area contributed by atoms with Crippen LogP contribution in [0.25, 0.3) is 0 Å². The van der Waals surface area contributed by atoms with Crippen LogP contribution in [0.2, 0.25) is 0 Å². The van der Waals surface area contributed by atoms with Crippen LogP contribution in [0.15, 0.2) is 24.3 Å². The lowest BCUT2D eigenvalue weighted by Gasteiger charge is -2.25. The molecule has 1 heterocycles.